The molecule has 0 amide bonds. The third kappa shape index (κ3) is 3.16. The Kier molecular flexibility index (Phi) is 4.27. The van der Waals surface area contributed by atoms with Crippen molar-refractivity contribution in [1.82, 2.24) is 0 Å². The molecule has 0 aromatic heterocycles. The summed E-state index contributed by atoms with van der Waals surface area (Å²) in [6.07, 6.45) is -1.35. The van der Waals surface area contributed by atoms with Gasteiger partial charge in [0.2, 0.25) is 0 Å². The summed E-state index contributed by atoms with van der Waals surface area (Å²) in [6, 6.07) is 7.32. The van der Waals surface area contributed by atoms with E-state index in [1.165, 1.54) is 24.3 Å². The lowest BCUT2D eigenvalue weighted by molar-refractivity contribution is 0.168. The van der Waals surface area contributed by atoms with Crippen molar-refractivity contribution in [3.05, 3.63) is 69.4 Å². The summed E-state index contributed by atoms with van der Waals surface area (Å²) < 4.78 is 40.4. The van der Waals surface area contributed by atoms with E-state index in [0.717, 1.165) is 12.1 Å². The van der Waals surface area contributed by atoms with Crippen LogP contribution in [0.1, 0.15) is 17.2 Å². The molecule has 0 saturated heterocycles. The minimum Gasteiger partial charge on any atom is -0.388 e. The lowest BCUT2D eigenvalue weighted by Crippen LogP contribution is -2.07. The molecular formula is C14H10BrF3O. The van der Waals surface area contributed by atoms with Crippen molar-refractivity contribution in [2.45, 2.75) is 12.5 Å². The maximum Gasteiger partial charge on any atom is 0.131 e. The molecule has 100 valence electrons. The average molecular weight is 331 g/mol. The second-order valence-electron chi connectivity index (χ2n) is 4.09. The van der Waals surface area contributed by atoms with E-state index >= 15 is 0 Å². The molecule has 0 aliphatic heterocycles. The van der Waals surface area contributed by atoms with Crippen molar-refractivity contribution >= 4 is 15.9 Å². The van der Waals surface area contributed by atoms with Crippen molar-refractivity contribution in [1.29, 1.82) is 0 Å². The van der Waals surface area contributed by atoms with Crippen LogP contribution < -0.4 is 0 Å². The van der Waals surface area contributed by atoms with Gasteiger partial charge in [0.1, 0.15) is 17.5 Å². The van der Waals surface area contributed by atoms with Gasteiger partial charge in [-0.2, -0.15) is 0 Å². The Morgan fingerprint density at radius 2 is 1.68 bits per heavy atom. The Hall–Kier alpha value is -1.33. The van der Waals surface area contributed by atoms with E-state index in [0.29, 0.717) is 10.0 Å². The van der Waals surface area contributed by atoms with Gasteiger partial charge in [0.15, 0.2) is 0 Å². The van der Waals surface area contributed by atoms with Crippen LogP contribution in [0.15, 0.2) is 40.9 Å². The summed E-state index contributed by atoms with van der Waals surface area (Å²) in [7, 11) is 0. The van der Waals surface area contributed by atoms with E-state index in [4.69, 9.17) is 0 Å². The highest BCUT2D eigenvalue weighted by molar-refractivity contribution is 9.10. The van der Waals surface area contributed by atoms with Gasteiger partial charge in [0.05, 0.1) is 11.7 Å². The number of rotatable bonds is 3. The molecule has 1 nitrogen and oxygen atoms in total. The van der Waals surface area contributed by atoms with E-state index in [1.807, 2.05) is 0 Å². The summed E-state index contributed by atoms with van der Waals surface area (Å²) in [5.41, 5.74) is 0.190. The van der Waals surface area contributed by atoms with Gasteiger partial charge < -0.3 is 5.11 Å². The topological polar surface area (TPSA) is 20.2 Å². The van der Waals surface area contributed by atoms with Crippen LogP contribution in [0.4, 0.5) is 13.2 Å². The second kappa shape index (κ2) is 5.75. The quantitative estimate of drug-likeness (QED) is 0.896. The zero-order valence-corrected chi connectivity index (χ0v) is 11.3. The van der Waals surface area contributed by atoms with Crippen LogP contribution in [0.25, 0.3) is 0 Å². The van der Waals surface area contributed by atoms with Gasteiger partial charge in [-0.1, -0.05) is 28.1 Å². The van der Waals surface area contributed by atoms with Crippen molar-refractivity contribution in [3.8, 4) is 0 Å². The zero-order chi connectivity index (χ0) is 14.0. The first kappa shape index (κ1) is 14.1. The van der Waals surface area contributed by atoms with Gasteiger partial charge in [-0.05, 0) is 29.8 Å². The van der Waals surface area contributed by atoms with Crippen molar-refractivity contribution in [3.63, 3.8) is 0 Å². The molecule has 2 aromatic carbocycles. The molecule has 0 fully saturated rings. The molecule has 5 heteroatoms. The van der Waals surface area contributed by atoms with Gasteiger partial charge >= 0.3 is 0 Å². The molecule has 0 bridgehead atoms. The van der Waals surface area contributed by atoms with Crippen LogP contribution in [0.2, 0.25) is 0 Å². The van der Waals surface area contributed by atoms with Crippen LogP contribution in [0.3, 0.4) is 0 Å². The van der Waals surface area contributed by atoms with Gasteiger partial charge in [-0.25, -0.2) is 13.2 Å². The molecular weight excluding hydrogens is 321 g/mol. The van der Waals surface area contributed by atoms with Gasteiger partial charge in [-0.3, -0.25) is 0 Å². The maximum absolute atomic E-state index is 13.5. The predicted molar refractivity (Wildman–Crippen MR) is 69.1 cm³/mol. The molecule has 1 unspecified atom stereocenters. The highest BCUT2D eigenvalue weighted by Gasteiger charge is 2.19. The number of aliphatic hydroxyl groups is 1. The van der Waals surface area contributed by atoms with Crippen LogP contribution in [0.5, 0.6) is 0 Å². The number of aliphatic hydroxyl groups excluding tert-OH is 1. The van der Waals surface area contributed by atoms with E-state index in [9.17, 15) is 18.3 Å². The average Bonchev–Trinajstić information content (AvgIpc) is 2.32. The normalized spacial score (nSPS) is 12.5. The van der Waals surface area contributed by atoms with Crippen molar-refractivity contribution in [2.24, 2.45) is 0 Å². The largest absolute Gasteiger partial charge is 0.388 e. The van der Waals surface area contributed by atoms with Crippen LogP contribution in [0, 0.1) is 17.5 Å². The Labute approximate surface area is 116 Å². The fraction of sp³-hybridized carbons (Fsp3) is 0.143. The molecule has 0 spiro atoms. The summed E-state index contributed by atoms with van der Waals surface area (Å²) in [5.74, 6) is -2.03. The van der Waals surface area contributed by atoms with Gasteiger partial charge in [0, 0.05) is 10.9 Å². The molecule has 2 rings (SSSR count). The minimum atomic E-state index is -1.33. The predicted octanol–water partition coefficient (Wildman–Crippen LogP) is 4.14. The highest BCUT2D eigenvalue weighted by atomic mass is 79.9. The Morgan fingerprint density at radius 3 is 2.26 bits per heavy atom. The molecule has 1 N–H and O–H groups in total. The Morgan fingerprint density at radius 1 is 1.05 bits per heavy atom. The molecule has 2 aromatic rings. The van der Waals surface area contributed by atoms with E-state index in [-0.39, 0.29) is 12.0 Å². The third-order valence-corrected chi connectivity index (χ3v) is 3.50. The second-order valence-corrected chi connectivity index (χ2v) is 4.95. The van der Waals surface area contributed by atoms with Gasteiger partial charge in [-0.15, -0.1) is 0 Å². The molecule has 0 aliphatic carbocycles. The molecule has 1 atom stereocenters. The first-order valence-electron chi connectivity index (χ1n) is 5.55. The standard InChI is InChI=1S/C14H10BrF3O/c15-10-7-9(16)5-4-8(10)6-13(19)14-11(17)2-1-3-12(14)18/h1-5,7,13,19H,6H2. The van der Waals surface area contributed by atoms with E-state index in [1.54, 1.807) is 0 Å². The zero-order valence-electron chi connectivity index (χ0n) is 9.71. The lowest BCUT2D eigenvalue weighted by Gasteiger charge is -2.14. The molecule has 19 heavy (non-hydrogen) atoms. The van der Waals surface area contributed by atoms with Crippen molar-refractivity contribution < 1.29 is 18.3 Å². The fourth-order valence-corrected chi connectivity index (χ4v) is 2.34. The first-order chi connectivity index (χ1) is 8.99. The number of hydrogen-bond acceptors (Lipinski definition) is 1. The first-order valence-corrected chi connectivity index (χ1v) is 6.34. The minimum absolute atomic E-state index is 0.0152. The molecule has 0 heterocycles. The SMILES string of the molecule is OC(Cc1ccc(F)cc1Br)c1c(F)cccc1F. The summed E-state index contributed by atoms with van der Waals surface area (Å²) in [5, 5.41) is 9.93. The van der Waals surface area contributed by atoms with Crippen molar-refractivity contribution in [2.75, 3.05) is 0 Å². The summed E-state index contributed by atoms with van der Waals surface area (Å²) in [6.45, 7) is 0. The van der Waals surface area contributed by atoms with Crippen LogP contribution in [-0.2, 0) is 6.42 Å². The number of benzene rings is 2. The summed E-state index contributed by atoms with van der Waals surface area (Å²) in [4.78, 5) is 0. The van der Waals surface area contributed by atoms with E-state index in [2.05, 4.69) is 15.9 Å². The monoisotopic (exact) mass is 330 g/mol. The summed E-state index contributed by atoms with van der Waals surface area (Å²) >= 11 is 3.15. The molecule has 0 saturated carbocycles. The number of halogens is 4. The number of hydrogen-bond donors (Lipinski definition) is 1. The van der Waals surface area contributed by atoms with E-state index < -0.39 is 23.6 Å². The maximum atomic E-state index is 13.5. The lowest BCUT2D eigenvalue weighted by atomic mass is 10.0. The Bertz CT molecular complexity index is 581. The van der Waals surface area contributed by atoms with Crippen LogP contribution >= 0.6 is 15.9 Å². The fourth-order valence-electron chi connectivity index (χ4n) is 1.83. The van der Waals surface area contributed by atoms with Gasteiger partial charge in [0.25, 0.3) is 0 Å². The Balaban J connectivity index is 2.28. The van der Waals surface area contributed by atoms with Crippen LogP contribution in [-0.4, -0.2) is 5.11 Å². The molecule has 0 aliphatic rings. The smallest absolute Gasteiger partial charge is 0.131 e. The highest BCUT2D eigenvalue weighted by Crippen LogP contribution is 2.27. The molecule has 0 radical (unpaired) electrons. The third-order valence-electron chi connectivity index (χ3n) is 2.76.